The van der Waals surface area contributed by atoms with Gasteiger partial charge in [-0.2, -0.15) is 5.10 Å². The highest BCUT2D eigenvalue weighted by molar-refractivity contribution is 7.98. The van der Waals surface area contributed by atoms with E-state index in [0.717, 1.165) is 41.4 Å². The molecular formula is C21H27N7OS. The van der Waals surface area contributed by atoms with Crippen molar-refractivity contribution in [3.63, 3.8) is 0 Å². The second kappa shape index (κ2) is 10.8. The van der Waals surface area contributed by atoms with Crippen LogP contribution in [0.2, 0.25) is 0 Å². The minimum absolute atomic E-state index is 0.632. The molecule has 0 spiro atoms. The highest BCUT2D eigenvalue weighted by atomic mass is 32.2. The second-order valence-corrected chi connectivity index (χ2v) is 7.24. The van der Waals surface area contributed by atoms with Crippen LogP contribution in [0.5, 0.6) is 0 Å². The highest BCUT2D eigenvalue weighted by Gasteiger charge is 2.19. The van der Waals surface area contributed by atoms with Crippen LogP contribution in [0.25, 0.3) is 11.1 Å². The Balaban J connectivity index is 0.00000124. The summed E-state index contributed by atoms with van der Waals surface area (Å²) < 4.78 is 5.49. The predicted molar refractivity (Wildman–Crippen MR) is 124 cm³/mol. The Kier molecular flexibility index (Phi) is 7.83. The van der Waals surface area contributed by atoms with Crippen LogP contribution in [0.3, 0.4) is 0 Å². The van der Waals surface area contributed by atoms with Gasteiger partial charge < -0.3 is 26.1 Å². The lowest BCUT2D eigenvalue weighted by atomic mass is 10.0. The molecule has 3 heterocycles. The number of nitrogens with one attached hydrogen (secondary N) is 3. The average Bonchev–Trinajstić information content (AvgIpc) is 3.33. The molecule has 0 atom stereocenters. The molecule has 158 valence electrons. The number of benzene rings is 1. The van der Waals surface area contributed by atoms with Gasteiger partial charge in [-0.15, -0.1) is 11.8 Å². The molecule has 0 aliphatic carbocycles. The van der Waals surface area contributed by atoms with Crippen molar-refractivity contribution in [2.24, 2.45) is 5.73 Å². The number of H-pyrrole nitrogens is 1. The Labute approximate surface area is 180 Å². The quantitative estimate of drug-likeness (QED) is 0.353. The lowest BCUT2D eigenvalue weighted by Gasteiger charge is -2.29. The van der Waals surface area contributed by atoms with E-state index in [-0.39, 0.29) is 0 Å². The fraction of sp³-hybridized carbons (Fsp3) is 0.286. The molecule has 0 radical (unpaired) electrons. The Hall–Kier alpha value is -2.88. The molecule has 3 aromatic rings. The molecule has 0 bridgehead atoms. The maximum atomic E-state index is 8.03. The van der Waals surface area contributed by atoms with E-state index in [0.29, 0.717) is 19.0 Å². The van der Waals surface area contributed by atoms with Crippen molar-refractivity contribution in [3.05, 3.63) is 48.2 Å². The van der Waals surface area contributed by atoms with Gasteiger partial charge in [0.05, 0.1) is 19.4 Å². The molecule has 1 aliphatic rings. The molecule has 0 saturated carbocycles. The predicted octanol–water partition coefficient (Wildman–Crippen LogP) is 3.35. The maximum absolute atomic E-state index is 8.03. The van der Waals surface area contributed by atoms with E-state index in [4.69, 9.17) is 15.1 Å². The first-order chi connectivity index (χ1) is 14.8. The third-order valence-corrected chi connectivity index (χ3v) is 5.42. The van der Waals surface area contributed by atoms with Gasteiger partial charge in [-0.05, 0) is 42.6 Å². The lowest BCUT2D eigenvalue weighted by molar-refractivity contribution is 0.122. The molecule has 0 amide bonds. The topological polar surface area (TPSA) is 116 Å². The van der Waals surface area contributed by atoms with Gasteiger partial charge in [0.25, 0.3) is 0 Å². The number of hydrogen-bond acceptors (Lipinski definition) is 8. The minimum atomic E-state index is 0.632. The standard InChI is InChI=1S/C20H22N6OS.CH5N/c1-28-15-4-2-14(3-5-15)16-12-19(26-8-10-27-11-9-26)24-20(17(16)13-21)23-18-6-7-22-25-18;1-2/h2-7,12-13,21H,8-11H2,1H3,(H2,22,23,24,25);2H2,1H3. The summed E-state index contributed by atoms with van der Waals surface area (Å²) in [6.45, 7) is 2.97. The van der Waals surface area contributed by atoms with Crippen molar-refractivity contribution in [2.75, 3.05) is 49.8 Å². The summed E-state index contributed by atoms with van der Waals surface area (Å²) in [5.41, 5.74) is 7.27. The number of ether oxygens (including phenoxy) is 1. The van der Waals surface area contributed by atoms with Crippen molar-refractivity contribution in [1.29, 1.82) is 5.41 Å². The van der Waals surface area contributed by atoms with Crippen LogP contribution in [0.15, 0.2) is 47.5 Å². The van der Waals surface area contributed by atoms with Crippen molar-refractivity contribution in [3.8, 4) is 11.1 Å². The number of pyridine rings is 1. The van der Waals surface area contributed by atoms with Crippen LogP contribution in [0, 0.1) is 5.41 Å². The molecule has 5 N–H and O–H groups in total. The molecule has 1 fully saturated rings. The van der Waals surface area contributed by atoms with Crippen LogP contribution >= 0.6 is 11.8 Å². The van der Waals surface area contributed by atoms with Gasteiger partial charge in [0.2, 0.25) is 0 Å². The number of rotatable bonds is 6. The summed E-state index contributed by atoms with van der Waals surface area (Å²) in [5.74, 6) is 2.24. The Morgan fingerprint density at radius 2 is 1.93 bits per heavy atom. The van der Waals surface area contributed by atoms with Crippen molar-refractivity contribution >= 4 is 35.4 Å². The number of aromatic nitrogens is 3. The van der Waals surface area contributed by atoms with E-state index in [1.54, 1.807) is 18.0 Å². The average molecular weight is 426 g/mol. The fourth-order valence-electron chi connectivity index (χ4n) is 3.20. The summed E-state index contributed by atoms with van der Waals surface area (Å²) in [5, 5.41) is 18.2. The second-order valence-electron chi connectivity index (χ2n) is 6.36. The smallest absolute Gasteiger partial charge is 0.143 e. The Morgan fingerprint density at radius 3 is 2.53 bits per heavy atom. The SMILES string of the molecule is CN.CSc1ccc(-c2cc(N3CCOCC3)nc(Nc3ccn[nH]3)c2C=N)cc1. The first kappa shape index (κ1) is 21.8. The van der Waals surface area contributed by atoms with Crippen molar-refractivity contribution in [1.82, 2.24) is 15.2 Å². The van der Waals surface area contributed by atoms with Gasteiger partial charge >= 0.3 is 0 Å². The van der Waals surface area contributed by atoms with Crippen molar-refractivity contribution < 1.29 is 4.74 Å². The molecule has 4 rings (SSSR count). The zero-order valence-electron chi connectivity index (χ0n) is 17.2. The number of nitrogens with two attached hydrogens (primary N) is 1. The van der Waals surface area contributed by atoms with Crippen molar-refractivity contribution in [2.45, 2.75) is 4.90 Å². The van der Waals surface area contributed by atoms with Crippen LogP contribution in [-0.4, -0.2) is 61.0 Å². The molecule has 9 heteroatoms. The fourth-order valence-corrected chi connectivity index (χ4v) is 3.61. The third-order valence-electron chi connectivity index (χ3n) is 4.68. The highest BCUT2D eigenvalue weighted by Crippen LogP contribution is 2.33. The van der Waals surface area contributed by atoms with E-state index in [9.17, 15) is 0 Å². The molecule has 1 aromatic carbocycles. The maximum Gasteiger partial charge on any atom is 0.143 e. The Bertz CT molecular complexity index is 939. The summed E-state index contributed by atoms with van der Waals surface area (Å²) in [6, 6.07) is 12.3. The number of thioether (sulfide) groups is 1. The molecule has 30 heavy (non-hydrogen) atoms. The normalized spacial score (nSPS) is 13.4. The summed E-state index contributed by atoms with van der Waals surface area (Å²) in [6.07, 6.45) is 5.10. The first-order valence-electron chi connectivity index (χ1n) is 9.65. The Morgan fingerprint density at radius 1 is 1.20 bits per heavy atom. The first-order valence-corrected chi connectivity index (χ1v) is 10.9. The molecule has 1 aliphatic heterocycles. The van der Waals surface area contributed by atoms with Gasteiger partial charge in [0.15, 0.2) is 0 Å². The van der Waals surface area contributed by atoms with Crippen LogP contribution in [0.4, 0.5) is 17.5 Å². The van der Waals surface area contributed by atoms with E-state index < -0.39 is 0 Å². The van der Waals surface area contributed by atoms with Gasteiger partial charge in [-0.3, -0.25) is 5.10 Å². The minimum Gasteiger partial charge on any atom is -0.378 e. The van der Waals surface area contributed by atoms with Gasteiger partial charge in [-0.25, -0.2) is 4.98 Å². The van der Waals surface area contributed by atoms with Crippen LogP contribution < -0.4 is 16.0 Å². The number of nitrogens with zero attached hydrogens (tertiary/aromatic N) is 3. The number of anilines is 3. The lowest BCUT2D eigenvalue weighted by Crippen LogP contribution is -2.36. The van der Waals surface area contributed by atoms with E-state index in [1.165, 1.54) is 18.2 Å². The molecular weight excluding hydrogens is 398 g/mol. The zero-order chi connectivity index (χ0) is 21.3. The monoisotopic (exact) mass is 425 g/mol. The van der Waals surface area contributed by atoms with E-state index >= 15 is 0 Å². The number of morpholine rings is 1. The zero-order valence-corrected chi connectivity index (χ0v) is 18.0. The van der Waals surface area contributed by atoms with Gasteiger partial charge in [0.1, 0.15) is 17.5 Å². The largest absolute Gasteiger partial charge is 0.378 e. The number of aromatic amines is 1. The molecule has 1 saturated heterocycles. The molecule has 0 unspecified atom stereocenters. The summed E-state index contributed by atoms with van der Waals surface area (Å²) in [7, 11) is 1.50. The molecule has 8 nitrogen and oxygen atoms in total. The molecule has 2 aromatic heterocycles. The van der Waals surface area contributed by atoms with Gasteiger partial charge in [0, 0.05) is 35.8 Å². The summed E-state index contributed by atoms with van der Waals surface area (Å²) >= 11 is 1.71. The van der Waals surface area contributed by atoms with E-state index in [1.807, 2.05) is 6.07 Å². The summed E-state index contributed by atoms with van der Waals surface area (Å²) in [4.78, 5) is 8.24. The van der Waals surface area contributed by atoms with Crippen LogP contribution in [0.1, 0.15) is 5.56 Å². The third kappa shape index (κ3) is 4.99. The van der Waals surface area contributed by atoms with Crippen LogP contribution in [-0.2, 0) is 4.74 Å². The number of hydrogen-bond donors (Lipinski definition) is 4. The van der Waals surface area contributed by atoms with Gasteiger partial charge in [-0.1, -0.05) is 12.1 Å². The van der Waals surface area contributed by atoms with E-state index in [2.05, 4.69) is 62.7 Å².